The first-order valence-electron chi connectivity index (χ1n) is 6.98. The van der Waals surface area contributed by atoms with E-state index in [2.05, 4.69) is 20.4 Å². The van der Waals surface area contributed by atoms with E-state index in [9.17, 15) is 18.0 Å². The van der Waals surface area contributed by atoms with Crippen molar-refractivity contribution in [2.24, 2.45) is 10.2 Å². The summed E-state index contributed by atoms with van der Waals surface area (Å²) in [5, 5.41) is 14.8. The van der Waals surface area contributed by atoms with E-state index in [1.54, 1.807) is 13.8 Å². The molecule has 12 heteroatoms. The third kappa shape index (κ3) is 3.37. The Balaban J connectivity index is 2.37. The van der Waals surface area contributed by atoms with Gasteiger partial charge in [0.1, 0.15) is 5.51 Å². The number of amides is 2. The molecule has 0 atom stereocenters. The van der Waals surface area contributed by atoms with Crippen LogP contribution in [-0.4, -0.2) is 58.2 Å². The third-order valence-electron chi connectivity index (χ3n) is 2.98. The van der Waals surface area contributed by atoms with Gasteiger partial charge >= 0.3 is 10.2 Å². The molecule has 2 rings (SSSR count). The molecule has 2 heterocycles. The first kappa shape index (κ1) is 17.4. The van der Waals surface area contributed by atoms with Crippen LogP contribution in [-0.2, 0) is 19.8 Å². The highest BCUT2D eigenvalue weighted by Crippen LogP contribution is 2.23. The molecule has 1 fully saturated rings. The number of nitrogens with zero attached hydrogens (tertiary/aromatic N) is 6. The van der Waals surface area contributed by atoms with Crippen molar-refractivity contribution in [2.75, 3.05) is 13.1 Å². The van der Waals surface area contributed by atoms with Gasteiger partial charge in [-0.05, 0) is 12.8 Å². The van der Waals surface area contributed by atoms with Crippen molar-refractivity contribution in [1.82, 2.24) is 18.8 Å². The molecule has 126 valence electrons. The molecular formula is C11H16N6O4S2. The van der Waals surface area contributed by atoms with E-state index < -0.39 is 28.1 Å². The number of carbonyl (C=O) groups excluding carboxylic acids is 2. The highest BCUT2D eigenvalue weighted by molar-refractivity contribution is 7.88. The van der Waals surface area contributed by atoms with Gasteiger partial charge in [-0.1, -0.05) is 25.2 Å². The van der Waals surface area contributed by atoms with Crippen molar-refractivity contribution in [3.63, 3.8) is 0 Å². The van der Waals surface area contributed by atoms with E-state index in [4.69, 9.17) is 0 Å². The van der Waals surface area contributed by atoms with Crippen LogP contribution in [0, 0.1) is 0 Å². The maximum atomic E-state index is 12.4. The quantitative estimate of drug-likeness (QED) is 0.544. The lowest BCUT2D eigenvalue weighted by atomic mass is 10.2. The fraction of sp³-hybridized carbons (Fsp3) is 0.636. The second-order valence-electron chi connectivity index (χ2n) is 4.67. The fourth-order valence-electron chi connectivity index (χ4n) is 2.00. The summed E-state index contributed by atoms with van der Waals surface area (Å²) in [6.45, 7) is 3.45. The highest BCUT2D eigenvalue weighted by atomic mass is 32.2. The Morgan fingerprint density at radius 2 is 1.74 bits per heavy atom. The Morgan fingerprint density at radius 3 is 2.17 bits per heavy atom. The monoisotopic (exact) mass is 360 g/mol. The van der Waals surface area contributed by atoms with E-state index in [-0.39, 0.29) is 18.2 Å². The third-order valence-corrected chi connectivity index (χ3v) is 5.39. The summed E-state index contributed by atoms with van der Waals surface area (Å²) in [7, 11) is -4.15. The van der Waals surface area contributed by atoms with Crippen LogP contribution in [0.4, 0.5) is 5.13 Å². The molecule has 0 unspecified atom stereocenters. The van der Waals surface area contributed by atoms with E-state index in [1.165, 1.54) is 5.51 Å². The largest absolute Gasteiger partial charge is 0.330 e. The van der Waals surface area contributed by atoms with Gasteiger partial charge in [-0.2, -0.15) is 13.5 Å². The van der Waals surface area contributed by atoms with Crippen molar-refractivity contribution in [2.45, 2.75) is 32.7 Å². The molecule has 0 aliphatic carbocycles. The Hall–Kier alpha value is -1.95. The molecule has 1 aliphatic rings. The first-order valence-corrected chi connectivity index (χ1v) is 9.26. The zero-order valence-corrected chi connectivity index (χ0v) is 14.2. The van der Waals surface area contributed by atoms with Crippen LogP contribution in [0.15, 0.2) is 15.7 Å². The molecule has 2 amide bonds. The zero-order valence-electron chi connectivity index (χ0n) is 12.6. The minimum Gasteiger partial charge on any atom is -0.271 e. The van der Waals surface area contributed by atoms with Crippen LogP contribution in [0.1, 0.15) is 26.7 Å². The number of carbonyl (C=O) groups is 2. The molecule has 1 saturated heterocycles. The standard InChI is InChI=1S/C11H16N6O4S2/c1-3-5-16-9(18)8(13-15-11-14-12-7-22-11)10(19)17(6-4-2)23(16,20)21/h7-8H,3-6H2,1-2H3. The van der Waals surface area contributed by atoms with Crippen molar-refractivity contribution in [1.29, 1.82) is 0 Å². The topological polar surface area (TPSA) is 125 Å². The molecule has 23 heavy (non-hydrogen) atoms. The minimum atomic E-state index is -4.15. The van der Waals surface area contributed by atoms with Gasteiger partial charge < -0.3 is 0 Å². The first-order chi connectivity index (χ1) is 10.9. The van der Waals surface area contributed by atoms with Crippen LogP contribution in [0.3, 0.4) is 0 Å². The van der Waals surface area contributed by atoms with Gasteiger partial charge in [-0.15, -0.1) is 15.3 Å². The van der Waals surface area contributed by atoms with Crippen LogP contribution >= 0.6 is 11.3 Å². The molecule has 0 spiro atoms. The Bertz CT molecular complexity index is 670. The van der Waals surface area contributed by atoms with Gasteiger partial charge in [0.15, 0.2) is 0 Å². The average Bonchev–Trinajstić information content (AvgIpc) is 3.01. The molecule has 0 radical (unpaired) electrons. The van der Waals surface area contributed by atoms with E-state index in [1.807, 2.05) is 0 Å². The fourth-order valence-corrected chi connectivity index (χ4v) is 4.09. The van der Waals surface area contributed by atoms with E-state index >= 15 is 0 Å². The minimum absolute atomic E-state index is 0.0144. The Kier molecular flexibility index (Phi) is 5.36. The summed E-state index contributed by atoms with van der Waals surface area (Å²) in [4.78, 5) is 24.7. The summed E-state index contributed by atoms with van der Waals surface area (Å²) >= 11 is 1.09. The lowest BCUT2D eigenvalue weighted by Gasteiger charge is -2.36. The summed E-state index contributed by atoms with van der Waals surface area (Å²) in [6, 6.07) is -1.51. The average molecular weight is 360 g/mol. The molecule has 10 nitrogen and oxygen atoms in total. The summed E-state index contributed by atoms with van der Waals surface area (Å²) in [6.07, 6.45) is 0.860. The van der Waals surface area contributed by atoms with Crippen molar-refractivity contribution in [3.8, 4) is 0 Å². The predicted molar refractivity (Wildman–Crippen MR) is 81.1 cm³/mol. The highest BCUT2D eigenvalue weighted by Gasteiger charge is 2.49. The van der Waals surface area contributed by atoms with Crippen molar-refractivity contribution >= 4 is 38.5 Å². The number of aromatic nitrogens is 2. The molecular weight excluding hydrogens is 344 g/mol. The van der Waals surface area contributed by atoms with Crippen LogP contribution in [0.2, 0.25) is 0 Å². The zero-order chi connectivity index (χ0) is 17.0. The molecule has 0 aromatic carbocycles. The van der Waals surface area contributed by atoms with Crippen LogP contribution in [0.5, 0.6) is 0 Å². The summed E-state index contributed by atoms with van der Waals surface area (Å²) < 4.78 is 26.2. The van der Waals surface area contributed by atoms with Gasteiger partial charge in [-0.25, -0.2) is 8.61 Å². The van der Waals surface area contributed by atoms with Crippen LogP contribution in [0.25, 0.3) is 0 Å². The molecule has 1 aliphatic heterocycles. The smallest absolute Gasteiger partial charge is 0.271 e. The lowest BCUT2D eigenvalue weighted by molar-refractivity contribution is -0.140. The Morgan fingerprint density at radius 1 is 1.17 bits per heavy atom. The van der Waals surface area contributed by atoms with E-state index in [0.29, 0.717) is 21.5 Å². The lowest BCUT2D eigenvalue weighted by Crippen LogP contribution is -2.61. The second-order valence-corrected chi connectivity index (χ2v) is 7.26. The predicted octanol–water partition coefficient (Wildman–Crippen LogP) is 0.726. The van der Waals surface area contributed by atoms with Crippen molar-refractivity contribution < 1.29 is 18.0 Å². The molecule has 1 aromatic heterocycles. The number of hydrogen-bond donors (Lipinski definition) is 0. The van der Waals surface area contributed by atoms with Crippen molar-refractivity contribution in [3.05, 3.63) is 5.51 Å². The maximum Gasteiger partial charge on any atom is 0.330 e. The molecule has 0 bridgehead atoms. The SMILES string of the molecule is CCCN1C(=O)C(N=Nc2nncs2)C(=O)N(CCC)S1(=O)=O. The van der Waals surface area contributed by atoms with E-state index in [0.717, 1.165) is 11.3 Å². The van der Waals surface area contributed by atoms with Gasteiger partial charge in [0, 0.05) is 13.1 Å². The second kappa shape index (κ2) is 7.08. The normalized spacial score (nSPS) is 19.0. The maximum absolute atomic E-state index is 12.4. The molecule has 0 N–H and O–H groups in total. The van der Waals surface area contributed by atoms with Gasteiger partial charge in [0.05, 0.1) is 0 Å². The molecule has 0 saturated carbocycles. The number of rotatable bonds is 6. The van der Waals surface area contributed by atoms with Crippen LogP contribution < -0.4 is 0 Å². The number of hydrogen-bond acceptors (Lipinski definition) is 9. The molecule has 1 aromatic rings. The summed E-state index contributed by atoms with van der Waals surface area (Å²) in [5.74, 6) is -1.78. The number of azo groups is 1. The van der Waals surface area contributed by atoms with Gasteiger partial charge in [0.2, 0.25) is 6.04 Å². The summed E-state index contributed by atoms with van der Waals surface area (Å²) in [5.41, 5.74) is 1.43. The van der Waals surface area contributed by atoms with Gasteiger partial charge in [-0.3, -0.25) is 9.59 Å². The van der Waals surface area contributed by atoms with Gasteiger partial charge in [0.25, 0.3) is 16.9 Å². The Labute approximate surface area is 137 Å².